The SMILES string of the molecule is N#CC1=CC=c2ncc3c(c2C1)N=NC=3. The highest BCUT2D eigenvalue weighted by molar-refractivity contribution is 5.60. The molecule has 0 radical (unpaired) electrons. The highest BCUT2D eigenvalue weighted by Crippen LogP contribution is 2.19. The zero-order valence-electron chi connectivity index (χ0n) is 7.81. The molecule has 15 heavy (non-hydrogen) atoms. The van der Waals surface area contributed by atoms with Crippen molar-refractivity contribution < 1.29 is 0 Å². The van der Waals surface area contributed by atoms with E-state index in [9.17, 15) is 0 Å². The van der Waals surface area contributed by atoms with Gasteiger partial charge in [0, 0.05) is 29.0 Å². The molecule has 1 aromatic heterocycles. The van der Waals surface area contributed by atoms with Gasteiger partial charge in [-0.1, -0.05) is 0 Å². The number of pyridine rings is 1. The molecule has 0 bridgehead atoms. The summed E-state index contributed by atoms with van der Waals surface area (Å²) in [6.45, 7) is 0. The van der Waals surface area contributed by atoms with Crippen molar-refractivity contribution in [1.29, 1.82) is 5.26 Å². The molecule has 1 aromatic rings. The Morgan fingerprint density at radius 2 is 2.27 bits per heavy atom. The normalized spacial score (nSPS) is 15.5. The summed E-state index contributed by atoms with van der Waals surface area (Å²) in [5.41, 5.74) is 2.60. The van der Waals surface area contributed by atoms with Crippen molar-refractivity contribution >= 4 is 18.0 Å². The van der Waals surface area contributed by atoms with Gasteiger partial charge in [-0.2, -0.15) is 15.5 Å². The summed E-state index contributed by atoms with van der Waals surface area (Å²) >= 11 is 0. The Morgan fingerprint density at radius 3 is 3.13 bits per heavy atom. The molecular formula is C11H6N4. The molecule has 2 heterocycles. The van der Waals surface area contributed by atoms with Crippen molar-refractivity contribution in [2.45, 2.75) is 6.42 Å². The summed E-state index contributed by atoms with van der Waals surface area (Å²) in [6.07, 6.45) is 7.71. The van der Waals surface area contributed by atoms with Crippen LogP contribution in [0.2, 0.25) is 0 Å². The molecule has 0 saturated carbocycles. The number of rotatable bonds is 0. The molecule has 1 aliphatic heterocycles. The standard InChI is InChI=1S/C11H6N4/c12-4-7-1-2-10-9(3-7)11-8(5-13-10)6-14-15-11/h1-2,5-6H,3H2. The fraction of sp³-hybridized carbons (Fsp3) is 0.0909. The first-order valence-corrected chi connectivity index (χ1v) is 4.58. The lowest BCUT2D eigenvalue weighted by molar-refractivity contribution is 1.07. The second kappa shape index (κ2) is 2.85. The Bertz CT molecular complexity index is 659. The second-order valence-electron chi connectivity index (χ2n) is 3.42. The summed E-state index contributed by atoms with van der Waals surface area (Å²) in [7, 11) is 0. The Hall–Kier alpha value is -2.28. The molecule has 0 aromatic carbocycles. The maximum atomic E-state index is 8.84. The van der Waals surface area contributed by atoms with E-state index in [0.717, 1.165) is 27.4 Å². The molecule has 0 spiro atoms. The predicted octanol–water partition coefficient (Wildman–Crippen LogP) is 0.703. The van der Waals surface area contributed by atoms with Gasteiger partial charge in [0.05, 0.1) is 17.6 Å². The summed E-state index contributed by atoms with van der Waals surface area (Å²) in [6, 6.07) is 2.16. The van der Waals surface area contributed by atoms with E-state index in [1.165, 1.54) is 0 Å². The largest absolute Gasteiger partial charge is 0.256 e. The van der Waals surface area contributed by atoms with Gasteiger partial charge < -0.3 is 0 Å². The van der Waals surface area contributed by atoms with Crippen LogP contribution in [-0.2, 0) is 6.42 Å². The highest BCUT2D eigenvalue weighted by atomic mass is 15.1. The number of nitrogens with zero attached hydrogens (tertiary/aromatic N) is 4. The van der Waals surface area contributed by atoms with Crippen LogP contribution in [0, 0.1) is 11.3 Å². The number of hydrogen-bond donors (Lipinski definition) is 0. The molecule has 0 N–H and O–H groups in total. The highest BCUT2D eigenvalue weighted by Gasteiger charge is 2.13. The Labute approximate surface area is 85.6 Å². The monoisotopic (exact) mass is 194 g/mol. The quantitative estimate of drug-likeness (QED) is 0.610. The number of fused-ring (bicyclic) bond motifs is 3. The van der Waals surface area contributed by atoms with Crippen molar-refractivity contribution in [3.8, 4) is 6.07 Å². The third-order valence-corrected chi connectivity index (χ3v) is 2.52. The lowest BCUT2D eigenvalue weighted by atomic mass is 10.00. The van der Waals surface area contributed by atoms with E-state index in [1.54, 1.807) is 18.5 Å². The van der Waals surface area contributed by atoms with E-state index in [4.69, 9.17) is 5.26 Å². The van der Waals surface area contributed by atoms with Gasteiger partial charge in [0.25, 0.3) is 0 Å². The predicted molar refractivity (Wildman–Crippen MR) is 54.3 cm³/mol. The van der Waals surface area contributed by atoms with Crippen LogP contribution in [-0.4, -0.2) is 4.98 Å². The van der Waals surface area contributed by atoms with Crippen molar-refractivity contribution in [3.63, 3.8) is 0 Å². The van der Waals surface area contributed by atoms with Crippen molar-refractivity contribution in [3.05, 3.63) is 34.0 Å². The molecule has 1 aliphatic carbocycles. The molecule has 0 fully saturated rings. The number of nitriles is 1. The maximum Gasteiger partial charge on any atom is 0.102 e. The van der Waals surface area contributed by atoms with Crippen LogP contribution in [0.5, 0.6) is 0 Å². The van der Waals surface area contributed by atoms with Gasteiger partial charge >= 0.3 is 0 Å². The van der Waals surface area contributed by atoms with E-state index in [1.807, 2.05) is 6.08 Å². The van der Waals surface area contributed by atoms with Crippen molar-refractivity contribution in [2.75, 3.05) is 0 Å². The minimum absolute atomic E-state index is 0.603. The average molecular weight is 194 g/mol. The number of aromatic nitrogens is 1. The second-order valence-corrected chi connectivity index (χ2v) is 3.42. The molecule has 70 valence electrons. The molecule has 0 unspecified atom stereocenters. The Morgan fingerprint density at radius 1 is 1.33 bits per heavy atom. The third-order valence-electron chi connectivity index (χ3n) is 2.52. The van der Waals surface area contributed by atoms with Gasteiger partial charge in [-0.25, -0.2) is 0 Å². The first-order chi connectivity index (χ1) is 7.38. The zero-order chi connectivity index (χ0) is 10.3. The fourth-order valence-corrected chi connectivity index (χ4v) is 1.76. The lowest BCUT2D eigenvalue weighted by Crippen LogP contribution is -2.21. The van der Waals surface area contributed by atoms with Gasteiger partial charge in [0.2, 0.25) is 0 Å². The minimum Gasteiger partial charge on any atom is -0.256 e. The topological polar surface area (TPSA) is 61.4 Å². The zero-order valence-corrected chi connectivity index (χ0v) is 7.81. The smallest absolute Gasteiger partial charge is 0.102 e. The Kier molecular flexibility index (Phi) is 1.53. The summed E-state index contributed by atoms with van der Waals surface area (Å²) in [5, 5.41) is 18.6. The first-order valence-electron chi connectivity index (χ1n) is 4.58. The minimum atomic E-state index is 0.603. The molecule has 2 aliphatic rings. The molecular weight excluding hydrogens is 188 g/mol. The first kappa shape index (κ1) is 8.06. The number of hydrogen-bond acceptors (Lipinski definition) is 4. The van der Waals surface area contributed by atoms with Crippen molar-refractivity contribution in [2.24, 2.45) is 10.2 Å². The molecule has 4 nitrogen and oxygen atoms in total. The number of allylic oxidation sites excluding steroid dienone is 2. The van der Waals surface area contributed by atoms with Crippen LogP contribution >= 0.6 is 0 Å². The third kappa shape index (κ3) is 1.10. The fourth-order valence-electron chi connectivity index (χ4n) is 1.76. The molecule has 4 heteroatoms. The van der Waals surface area contributed by atoms with Gasteiger partial charge in [-0.05, 0) is 12.2 Å². The summed E-state index contributed by atoms with van der Waals surface area (Å²) < 4.78 is 0. The molecule has 0 atom stereocenters. The molecule has 0 amide bonds. The summed E-state index contributed by atoms with van der Waals surface area (Å²) in [5.74, 6) is 0. The van der Waals surface area contributed by atoms with E-state index in [2.05, 4.69) is 21.3 Å². The summed E-state index contributed by atoms with van der Waals surface area (Å²) in [4.78, 5) is 4.30. The maximum absolute atomic E-state index is 8.84. The van der Waals surface area contributed by atoms with E-state index < -0.39 is 0 Å². The Balaban J connectivity index is 2.33. The van der Waals surface area contributed by atoms with Crippen LogP contribution in [0.25, 0.3) is 12.3 Å². The van der Waals surface area contributed by atoms with E-state index in [0.29, 0.717) is 6.42 Å². The van der Waals surface area contributed by atoms with E-state index >= 15 is 0 Å². The average Bonchev–Trinajstić information content (AvgIpc) is 2.76. The molecule has 3 rings (SSSR count). The van der Waals surface area contributed by atoms with Crippen molar-refractivity contribution in [1.82, 2.24) is 4.98 Å². The molecule has 0 saturated heterocycles. The van der Waals surface area contributed by atoms with Crippen LogP contribution < -0.4 is 10.6 Å². The van der Waals surface area contributed by atoms with Crippen LogP contribution in [0.3, 0.4) is 0 Å². The van der Waals surface area contributed by atoms with Crippen LogP contribution in [0.4, 0.5) is 5.69 Å². The lowest BCUT2D eigenvalue weighted by Gasteiger charge is -2.07. The van der Waals surface area contributed by atoms with Gasteiger partial charge in [0.1, 0.15) is 5.69 Å². The van der Waals surface area contributed by atoms with Gasteiger partial charge in [-0.15, -0.1) is 0 Å². The van der Waals surface area contributed by atoms with Crippen LogP contribution in [0.1, 0.15) is 5.56 Å². The van der Waals surface area contributed by atoms with Gasteiger partial charge in [0.15, 0.2) is 0 Å². The van der Waals surface area contributed by atoms with E-state index in [-0.39, 0.29) is 0 Å². The van der Waals surface area contributed by atoms with Gasteiger partial charge in [-0.3, -0.25) is 4.98 Å². The van der Waals surface area contributed by atoms with Crippen LogP contribution in [0.15, 0.2) is 28.1 Å². The number of azo groups is 1.